The molecule has 33 heavy (non-hydrogen) atoms. The minimum atomic E-state index is -0.103. The van der Waals surface area contributed by atoms with Gasteiger partial charge in [0.25, 0.3) is 5.91 Å². The number of benzene rings is 3. The van der Waals surface area contributed by atoms with Crippen molar-refractivity contribution in [2.75, 3.05) is 32.1 Å². The number of hydrogen-bond acceptors (Lipinski definition) is 5. The van der Waals surface area contributed by atoms with Crippen molar-refractivity contribution in [2.45, 2.75) is 20.3 Å². The maximum Gasteiger partial charge on any atom is 0.263 e. The number of hydrogen-bond donors (Lipinski definition) is 0. The minimum Gasteiger partial charge on any atom is -0.457 e. The zero-order valence-corrected chi connectivity index (χ0v) is 20.4. The van der Waals surface area contributed by atoms with Gasteiger partial charge in [0.05, 0.1) is 15.8 Å². The number of aromatic nitrogens is 1. The second kappa shape index (κ2) is 10.1. The van der Waals surface area contributed by atoms with Crippen molar-refractivity contribution in [3.05, 3.63) is 83.4 Å². The van der Waals surface area contributed by atoms with E-state index in [1.807, 2.05) is 68.7 Å². The Labute approximate surface area is 199 Å². The summed E-state index contributed by atoms with van der Waals surface area (Å²) in [5, 5.41) is 0.719. The fraction of sp³-hybridized carbons (Fsp3) is 0.259. The van der Waals surface area contributed by atoms with Crippen molar-refractivity contribution in [3.63, 3.8) is 0 Å². The number of carbonyl (C=O) groups excluding carboxylic acids is 1. The first-order valence-corrected chi connectivity index (χ1v) is 11.9. The normalized spacial score (nSPS) is 11.2. The summed E-state index contributed by atoms with van der Waals surface area (Å²) in [4.78, 5) is 22.7. The van der Waals surface area contributed by atoms with Gasteiger partial charge in [-0.05, 0) is 82.4 Å². The number of anilines is 1. The van der Waals surface area contributed by atoms with E-state index in [9.17, 15) is 4.79 Å². The predicted octanol–water partition coefficient (Wildman–Crippen LogP) is 6.30. The fourth-order valence-corrected chi connectivity index (χ4v) is 4.70. The highest BCUT2D eigenvalue weighted by Gasteiger charge is 2.24. The van der Waals surface area contributed by atoms with Crippen LogP contribution in [0.1, 0.15) is 27.9 Å². The Balaban J connectivity index is 1.71. The van der Waals surface area contributed by atoms with E-state index in [4.69, 9.17) is 9.72 Å². The summed E-state index contributed by atoms with van der Waals surface area (Å²) in [6, 6.07) is 21.2. The SMILES string of the molecule is Cc1ccc2sc(N(CCCN(C)C)C(=O)c3ccccc3Oc3ccccc3)nc2c1C. The van der Waals surface area contributed by atoms with Crippen LogP contribution in [0.5, 0.6) is 11.5 Å². The summed E-state index contributed by atoms with van der Waals surface area (Å²) in [5.74, 6) is 1.14. The van der Waals surface area contributed by atoms with Gasteiger partial charge in [0, 0.05) is 6.54 Å². The predicted molar refractivity (Wildman–Crippen MR) is 137 cm³/mol. The van der Waals surface area contributed by atoms with E-state index in [1.165, 1.54) is 5.56 Å². The molecule has 1 aromatic heterocycles. The number of ether oxygens (including phenoxy) is 1. The monoisotopic (exact) mass is 459 g/mol. The number of rotatable bonds is 8. The van der Waals surface area contributed by atoms with Crippen molar-refractivity contribution >= 4 is 32.6 Å². The lowest BCUT2D eigenvalue weighted by Crippen LogP contribution is -2.33. The van der Waals surface area contributed by atoms with Crippen LogP contribution in [0.2, 0.25) is 0 Å². The topological polar surface area (TPSA) is 45.7 Å². The molecule has 1 heterocycles. The molecule has 5 nitrogen and oxygen atoms in total. The molecule has 0 atom stereocenters. The number of amides is 1. The van der Waals surface area contributed by atoms with Crippen molar-refractivity contribution in [1.82, 2.24) is 9.88 Å². The fourth-order valence-electron chi connectivity index (χ4n) is 3.65. The molecule has 0 N–H and O–H groups in total. The van der Waals surface area contributed by atoms with Crippen molar-refractivity contribution < 1.29 is 9.53 Å². The molecule has 6 heteroatoms. The van der Waals surface area contributed by atoms with Gasteiger partial charge < -0.3 is 9.64 Å². The van der Waals surface area contributed by atoms with Crippen LogP contribution in [-0.2, 0) is 0 Å². The number of fused-ring (bicyclic) bond motifs is 1. The highest BCUT2D eigenvalue weighted by Crippen LogP contribution is 2.34. The van der Waals surface area contributed by atoms with Gasteiger partial charge in [-0.1, -0.05) is 47.7 Å². The lowest BCUT2D eigenvalue weighted by Gasteiger charge is -2.22. The minimum absolute atomic E-state index is 0.103. The van der Waals surface area contributed by atoms with E-state index in [2.05, 4.69) is 30.9 Å². The van der Waals surface area contributed by atoms with Crippen LogP contribution in [-0.4, -0.2) is 43.0 Å². The third kappa shape index (κ3) is 5.24. The first-order chi connectivity index (χ1) is 15.9. The lowest BCUT2D eigenvalue weighted by atomic mass is 10.1. The molecule has 4 rings (SSSR count). The van der Waals surface area contributed by atoms with Crippen LogP contribution >= 0.6 is 11.3 Å². The first-order valence-electron chi connectivity index (χ1n) is 11.1. The summed E-state index contributed by atoms with van der Waals surface area (Å²) in [6.07, 6.45) is 0.842. The van der Waals surface area contributed by atoms with E-state index in [-0.39, 0.29) is 5.91 Å². The molecular weight excluding hydrogens is 430 g/mol. The van der Waals surface area contributed by atoms with Gasteiger partial charge in [0.15, 0.2) is 5.13 Å². The second-order valence-corrected chi connectivity index (χ2v) is 9.38. The van der Waals surface area contributed by atoms with Crippen LogP contribution in [0.15, 0.2) is 66.7 Å². The van der Waals surface area contributed by atoms with E-state index in [0.717, 1.165) is 33.9 Å². The van der Waals surface area contributed by atoms with Gasteiger partial charge in [-0.3, -0.25) is 9.69 Å². The molecule has 4 aromatic rings. The summed E-state index contributed by atoms with van der Waals surface area (Å²) in [7, 11) is 4.08. The molecule has 0 aliphatic carbocycles. The lowest BCUT2D eigenvalue weighted by molar-refractivity contribution is 0.0984. The van der Waals surface area contributed by atoms with Gasteiger partial charge in [-0.2, -0.15) is 0 Å². The average molecular weight is 460 g/mol. The molecule has 0 spiro atoms. The zero-order valence-electron chi connectivity index (χ0n) is 19.5. The summed E-state index contributed by atoms with van der Waals surface area (Å²) in [5.41, 5.74) is 3.85. The largest absolute Gasteiger partial charge is 0.457 e. The van der Waals surface area contributed by atoms with Crippen molar-refractivity contribution in [1.29, 1.82) is 0 Å². The van der Waals surface area contributed by atoms with E-state index < -0.39 is 0 Å². The summed E-state index contributed by atoms with van der Waals surface area (Å²) < 4.78 is 7.17. The van der Waals surface area contributed by atoms with Crippen LogP contribution in [0.25, 0.3) is 10.2 Å². The highest BCUT2D eigenvalue weighted by atomic mass is 32.1. The molecule has 0 saturated heterocycles. The van der Waals surface area contributed by atoms with Gasteiger partial charge >= 0.3 is 0 Å². The smallest absolute Gasteiger partial charge is 0.263 e. The maximum absolute atomic E-state index is 13.9. The Morgan fingerprint density at radius 2 is 1.67 bits per heavy atom. The standard InChI is InChI=1S/C27H29N3O2S/c1-19-15-16-24-25(20(19)2)28-27(33-24)30(18-10-17-29(3)4)26(31)22-13-8-9-14-23(22)32-21-11-6-5-7-12-21/h5-9,11-16H,10,17-18H2,1-4H3. The van der Waals surface area contributed by atoms with Crippen LogP contribution in [0.3, 0.4) is 0 Å². The number of aryl methyl sites for hydroxylation is 2. The molecule has 1 amide bonds. The highest BCUT2D eigenvalue weighted by molar-refractivity contribution is 7.22. The Bertz CT molecular complexity index is 1250. The summed E-state index contributed by atoms with van der Waals surface area (Å²) >= 11 is 1.56. The van der Waals surface area contributed by atoms with Gasteiger partial charge in [-0.25, -0.2) is 4.98 Å². The van der Waals surface area contributed by atoms with Crippen molar-refractivity contribution in [2.24, 2.45) is 0 Å². The van der Waals surface area contributed by atoms with Gasteiger partial charge in [0.2, 0.25) is 0 Å². The molecule has 0 radical (unpaired) electrons. The molecule has 0 fully saturated rings. The molecule has 0 aliphatic rings. The Morgan fingerprint density at radius 3 is 2.42 bits per heavy atom. The Kier molecular flexibility index (Phi) is 7.06. The number of thiazole rings is 1. The average Bonchev–Trinajstić information content (AvgIpc) is 3.24. The zero-order chi connectivity index (χ0) is 23.4. The van der Waals surface area contributed by atoms with Crippen LogP contribution in [0.4, 0.5) is 5.13 Å². The second-order valence-electron chi connectivity index (χ2n) is 8.38. The van der Waals surface area contributed by atoms with E-state index in [1.54, 1.807) is 16.2 Å². The van der Waals surface area contributed by atoms with Crippen LogP contribution < -0.4 is 9.64 Å². The number of carbonyl (C=O) groups is 1. The first kappa shape index (κ1) is 23.0. The van der Waals surface area contributed by atoms with E-state index in [0.29, 0.717) is 23.6 Å². The van der Waals surface area contributed by atoms with Gasteiger partial charge in [-0.15, -0.1) is 0 Å². The number of nitrogens with zero attached hydrogens (tertiary/aromatic N) is 3. The quantitative estimate of drug-likeness (QED) is 0.310. The molecule has 0 aliphatic heterocycles. The molecule has 0 unspecified atom stereocenters. The Morgan fingerprint density at radius 1 is 0.939 bits per heavy atom. The third-order valence-electron chi connectivity index (χ3n) is 5.63. The number of para-hydroxylation sites is 2. The van der Waals surface area contributed by atoms with E-state index >= 15 is 0 Å². The molecular formula is C27H29N3O2S. The Hall–Kier alpha value is -3.22. The third-order valence-corrected chi connectivity index (χ3v) is 6.67. The van der Waals surface area contributed by atoms with Gasteiger partial charge in [0.1, 0.15) is 11.5 Å². The molecule has 3 aromatic carbocycles. The maximum atomic E-state index is 13.9. The van der Waals surface area contributed by atoms with Crippen molar-refractivity contribution in [3.8, 4) is 11.5 Å². The molecule has 170 valence electrons. The molecule has 0 bridgehead atoms. The molecule has 0 saturated carbocycles. The van der Waals surface area contributed by atoms with Crippen LogP contribution in [0, 0.1) is 13.8 Å². The summed E-state index contributed by atoms with van der Waals surface area (Å²) in [6.45, 7) is 5.64.